The number of nitriles is 1. The molecule has 0 aliphatic rings. The predicted molar refractivity (Wildman–Crippen MR) is 71.3 cm³/mol. The van der Waals surface area contributed by atoms with Gasteiger partial charge in [-0.15, -0.1) is 0 Å². The summed E-state index contributed by atoms with van der Waals surface area (Å²) in [6, 6.07) is 18.6. The Labute approximate surface area is 102 Å². The molecule has 2 aromatic rings. The Morgan fingerprint density at radius 2 is 1.41 bits per heavy atom. The topological polar surface area (TPSA) is 23.8 Å². The standard InChI is InChI=1S/C16H13N/c1-13-4-8-15(9-5-13)16-10-6-14(7-11-16)3-2-12-17/h2-11H,1H3/b3-2+. The van der Waals surface area contributed by atoms with E-state index in [9.17, 15) is 0 Å². The fraction of sp³-hybridized carbons (Fsp3) is 0.0625. The molecular weight excluding hydrogens is 206 g/mol. The van der Waals surface area contributed by atoms with E-state index in [0.29, 0.717) is 0 Å². The highest BCUT2D eigenvalue weighted by Gasteiger charge is 1.96. The van der Waals surface area contributed by atoms with Gasteiger partial charge in [-0.2, -0.15) is 5.26 Å². The first-order chi connectivity index (χ1) is 8.29. The van der Waals surface area contributed by atoms with E-state index in [-0.39, 0.29) is 0 Å². The van der Waals surface area contributed by atoms with Crippen LogP contribution in [0.2, 0.25) is 0 Å². The summed E-state index contributed by atoms with van der Waals surface area (Å²) in [7, 11) is 0. The molecule has 0 aliphatic carbocycles. The molecule has 1 nitrogen and oxygen atoms in total. The van der Waals surface area contributed by atoms with Gasteiger partial charge in [-0.25, -0.2) is 0 Å². The van der Waals surface area contributed by atoms with Gasteiger partial charge < -0.3 is 0 Å². The molecule has 0 heterocycles. The van der Waals surface area contributed by atoms with E-state index in [1.165, 1.54) is 22.8 Å². The van der Waals surface area contributed by atoms with Crippen LogP contribution >= 0.6 is 0 Å². The van der Waals surface area contributed by atoms with E-state index in [4.69, 9.17) is 5.26 Å². The Morgan fingerprint density at radius 3 is 1.94 bits per heavy atom. The van der Waals surface area contributed by atoms with Gasteiger partial charge in [-0.3, -0.25) is 0 Å². The number of hydrogen-bond acceptors (Lipinski definition) is 1. The zero-order valence-electron chi connectivity index (χ0n) is 9.72. The van der Waals surface area contributed by atoms with Gasteiger partial charge in [0, 0.05) is 6.08 Å². The highest BCUT2D eigenvalue weighted by molar-refractivity contribution is 5.66. The van der Waals surface area contributed by atoms with Crippen molar-refractivity contribution in [3.05, 3.63) is 65.7 Å². The number of aryl methyl sites for hydroxylation is 1. The third-order valence-corrected chi connectivity index (χ3v) is 2.65. The predicted octanol–water partition coefficient (Wildman–Crippen LogP) is 4.20. The summed E-state index contributed by atoms with van der Waals surface area (Å²) in [5.74, 6) is 0. The first-order valence-electron chi connectivity index (χ1n) is 5.53. The highest BCUT2D eigenvalue weighted by Crippen LogP contribution is 2.20. The van der Waals surface area contributed by atoms with Crippen molar-refractivity contribution < 1.29 is 0 Å². The summed E-state index contributed by atoms with van der Waals surface area (Å²) in [6.07, 6.45) is 3.29. The monoisotopic (exact) mass is 219 g/mol. The van der Waals surface area contributed by atoms with Crippen molar-refractivity contribution in [1.82, 2.24) is 0 Å². The fourth-order valence-corrected chi connectivity index (χ4v) is 1.67. The van der Waals surface area contributed by atoms with Crippen molar-refractivity contribution in [3.63, 3.8) is 0 Å². The number of rotatable bonds is 2. The van der Waals surface area contributed by atoms with Crippen LogP contribution in [0.1, 0.15) is 11.1 Å². The number of benzene rings is 2. The second kappa shape index (κ2) is 5.14. The third kappa shape index (κ3) is 2.83. The molecule has 0 radical (unpaired) electrons. The van der Waals surface area contributed by atoms with E-state index >= 15 is 0 Å². The smallest absolute Gasteiger partial charge is 0.0912 e. The van der Waals surface area contributed by atoms with Crippen LogP contribution in [0, 0.1) is 18.3 Å². The minimum atomic E-state index is 1.04. The molecule has 82 valence electrons. The first kappa shape index (κ1) is 11.2. The van der Waals surface area contributed by atoms with Crippen LogP contribution < -0.4 is 0 Å². The zero-order chi connectivity index (χ0) is 12.1. The van der Waals surface area contributed by atoms with Gasteiger partial charge in [0.1, 0.15) is 0 Å². The van der Waals surface area contributed by atoms with Gasteiger partial charge >= 0.3 is 0 Å². The number of hydrogen-bond donors (Lipinski definition) is 0. The molecule has 0 amide bonds. The molecule has 0 atom stereocenters. The maximum atomic E-state index is 8.45. The van der Waals surface area contributed by atoms with Crippen LogP contribution in [-0.4, -0.2) is 0 Å². The molecule has 0 aliphatic heterocycles. The van der Waals surface area contributed by atoms with E-state index in [0.717, 1.165) is 5.56 Å². The van der Waals surface area contributed by atoms with Gasteiger partial charge in [0.15, 0.2) is 0 Å². The minimum Gasteiger partial charge on any atom is -0.193 e. The highest BCUT2D eigenvalue weighted by atomic mass is 14.2. The van der Waals surface area contributed by atoms with Crippen molar-refractivity contribution in [1.29, 1.82) is 5.26 Å². The van der Waals surface area contributed by atoms with Crippen LogP contribution in [0.25, 0.3) is 17.2 Å². The molecule has 2 aromatic carbocycles. The molecule has 17 heavy (non-hydrogen) atoms. The first-order valence-corrected chi connectivity index (χ1v) is 5.53. The van der Waals surface area contributed by atoms with E-state index in [2.05, 4.69) is 43.3 Å². The van der Waals surface area contributed by atoms with Crippen LogP contribution in [-0.2, 0) is 0 Å². The summed E-state index contributed by atoms with van der Waals surface area (Å²) in [4.78, 5) is 0. The van der Waals surface area contributed by atoms with Gasteiger partial charge in [0.2, 0.25) is 0 Å². The average Bonchev–Trinajstić information content (AvgIpc) is 2.38. The molecule has 0 saturated heterocycles. The molecule has 2 rings (SSSR count). The lowest BCUT2D eigenvalue weighted by molar-refractivity contribution is 1.47. The van der Waals surface area contributed by atoms with Crippen LogP contribution in [0.5, 0.6) is 0 Å². The Morgan fingerprint density at radius 1 is 0.882 bits per heavy atom. The summed E-state index contributed by atoms with van der Waals surface area (Å²) < 4.78 is 0. The van der Waals surface area contributed by atoms with Crippen LogP contribution in [0.3, 0.4) is 0 Å². The Hall–Kier alpha value is -2.33. The molecule has 0 saturated carbocycles. The maximum absolute atomic E-state index is 8.45. The van der Waals surface area contributed by atoms with Crippen molar-refractivity contribution in [3.8, 4) is 17.2 Å². The Balaban J connectivity index is 2.26. The SMILES string of the molecule is Cc1ccc(-c2ccc(/C=C/C#N)cc2)cc1. The molecular formula is C16H13N. The minimum absolute atomic E-state index is 1.04. The molecule has 0 fully saturated rings. The van der Waals surface area contributed by atoms with Gasteiger partial charge in [-0.05, 0) is 29.7 Å². The van der Waals surface area contributed by atoms with Crippen LogP contribution in [0.15, 0.2) is 54.6 Å². The summed E-state index contributed by atoms with van der Waals surface area (Å²) in [5.41, 5.74) is 4.72. The summed E-state index contributed by atoms with van der Waals surface area (Å²) in [5, 5.41) is 8.45. The summed E-state index contributed by atoms with van der Waals surface area (Å²) in [6.45, 7) is 2.08. The maximum Gasteiger partial charge on any atom is 0.0912 e. The van der Waals surface area contributed by atoms with Crippen molar-refractivity contribution >= 4 is 6.08 Å². The van der Waals surface area contributed by atoms with E-state index in [1.807, 2.05) is 18.2 Å². The number of allylic oxidation sites excluding steroid dienone is 1. The number of nitrogens with zero attached hydrogens (tertiary/aromatic N) is 1. The Bertz CT molecular complexity index is 554. The van der Waals surface area contributed by atoms with Crippen molar-refractivity contribution in [2.75, 3.05) is 0 Å². The quantitative estimate of drug-likeness (QED) is 0.694. The lowest BCUT2D eigenvalue weighted by atomic mass is 10.0. The van der Waals surface area contributed by atoms with Crippen molar-refractivity contribution in [2.24, 2.45) is 0 Å². The third-order valence-electron chi connectivity index (χ3n) is 2.65. The van der Waals surface area contributed by atoms with Gasteiger partial charge in [-0.1, -0.05) is 54.1 Å². The molecule has 0 spiro atoms. The fourth-order valence-electron chi connectivity index (χ4n) is 1.67. The van der Waals surface area contributed by atoms with Crippen LogP contribution in [0.4, 0.5) is 0 Å². The van der Waals surface area contributed by atoms with E-state index in [1.54, 1.807) is 6.08 Å². The van der Waals surface area contributed by atoms with E-state index < -0.39 is 0 Å². The van der Waals surface area contributed by atoms with Gasteiger partial charge in [0.05, 0.1) is 6.07 Å². The van der Waals surface area contributed by atoms with Gasteiger partial charge in [0.25, 0.3) is 0 Å². The molecule has 0 aromatic heterocycles. The largest absolute Gasteiger partial charge is 0.193 e. The molecule has 1 heteroatoms. The summed E-state index contributed by atoms with van der Waals surface area (Å²) >= 11 is 0. The lowest BCUT2D eigenvalue weighted by Gasteiger charge is -2.02. The molecule has 0 N–H and O–H groups in total. The average molecular weight is 219 g/mol. The zero-order valence-corrected chi connectivity index (χ0v) is 9.72. The second-order valence-corrected chi connectivity index (χ2v) is 3.95. The Kier molecular flexibility index (Phi) is 3.37. The normalized spacial score (nSPS) is 10.4. The lowest BCUT2D eigenvalue weighted by Crippen LogP contribution is -1.79. The molecule has 0 bridgehead atoms. The van der Waals surface area contributed by atoms with Crippen molar-refractivity contribution in [2.45, 2.75) is 6.92 Å². The second-order valence-electron chi connectivity index (χ2n) is 3.95. The molecule has 0 unspecified atom stereocenters.